The van der Waals surface area contributed by atoms with Crippen LogP contribution in [0.25, 0.3) is 0 Å². The van der Waals surface area contributed by atoms with E-state index in [1.807, 2.05) is 0 Å². The molecule has 16 heavy (non-hydrogen) atoms. The molecule has 0 aliphatic rings. The zero-order valence-electron chi connectivity index (χ0n) is 8.48. The van der Waals surface area contributed by atoms with Crippen molar-refractivity contribution in [2.24, 2.45) is 0 Å². The molecule has 0 radical (unpaired) electrons. The zero-order chi connectivity index (χ0) is 11.5. The quantitative estimate of drug-likeness (QED) is 0.762. The summed E-state index contributed by atoms with van der Waals surface area (Å²) in [5.41, 5.74) is 11.9. The SMILES string of the molecule is Nc1ccc(Oc2ccccc2N)c(F)c1. The Kier molecular flexibility index (Phi) is 2.64. The molecule has 2 aromatic carbocycles. The van der Waals surface area contributed by atoms with E-state index >= 15 is 0 Å². The third-order valence-electron chi connectivity index (χ3n) is 2.09. The maximum atomic E-state index is 13.4. The monoisotopic (exact) mass is 218 g/mol. The molecule has 0 unspecified atom stereocenters. The molecule has 0 aromatic heterocycles. The van der Waals surface area contributed by atoms with Gasteiger partial charge in [-0.05, 0) is 24.3 Å². The maximum absolute atomic E-state index is 13.4. The van der Waals surface area contributed by atoms with Crippen LogP contribution in [0.5, 0.6) is 11.5 Å². The summed E-state index contributed by atoms with van der Waals surface area (Å²) in [6, 6.07) is 11.1. The Morgan fingerprint density at radius 1 is 0.938 bits per heavy atom. The summed E-state index contributed by atoms with van der Waals surface area (Å²) in [6.45, 7) is 0. The van der Waals surface area contributed by atoms with Gasteiger partial charge in [0.25, 0.3) is 0 Å². The topological polar surface area (TPSA) is 61.3 Å². The average Bonchev–Trinajstić information content (AvgIpc) is 2.25. The number of rotatable bonds is 2. The highest BCUT2D eigenvalue weighted by molar-refractivity contribution is 5.54. The number of hydrogen-bond acceptors (Lipinski definition) is 3. The molecule has 0 aliphatic heterocycles. The molecule has 0 saturated carbocycles. The first kappa shape index (κ1) is 10.3. The lowest BCUT2D eigenvalue weighted by molar-refractivity contribution is 0.444. The van der Waals surface area contributed by atoms with Crippen molar-refractivity contribution >= 4 is 11.4 Å². The molecule has 0 bridgehead atoms. The number of benzene rings is 2. The van der Waals surface area contributed by atoms with Crippen molar-refractivity contribution in [2.45, 2.75) is 0 Å². The normalized spacial score (nSPS) is 10.1. The zero-order valence-corrected chi connectivity index (χ0v) is 8.48. The van der Waals surface area contributed by atoms with Crippen LogP contribution in [0, 0.1) is 5.82 Å². The predicted molar refractivity (Wildman–Crippen MR) is 61.7 cm³/mol. The molecular formula is C12H11FN2O. The molecular weight excluding hydrogens is 207 g/mol. The highest BCUT2D eigenvalue weighted by Crippen LogP contribution is 2.29. The van der Waals surface area contributed by atoms with Crippen LogP contribution >= 0.6 is 0 Å². The molecule has 0 saturated heterocycles. The number of halogens is 1. The van der Waals surface area contributed by atoms with Crippen molar-refractivity contribution in [3.8, 4) is 11.5 Å². The molecule has 0 amide bonds. The summed E-state index contributed by atoms with van der Waals surface area (Å²) in [6.07, 6.45) is 0. The first-order chi connectivity index (χ1) is 7.66. The molecule has 4 heteroatoms. The van der Waals surface area contributed by atoms with Crippen LogP contribution in [0.1, 0.15) is 0 Å². The molecule has 2 aromatic rings. The highest BCUT2D eigenvalue weighted by Gasteiger charge is 2.06. The van der Waals surface area contributed by atoms with Gasteiger partial charge in [0.05, 0.1) is 5.69 Å². The van der Waals surface area contributed by atoms with Crippen LogP contribution in [-0.4, -0.2) is 0 Å². The van der Waals surface area contributed by atoms with Gasteiger partial charge in [-0.2, -0.15) is 0 Å². The van der Waals surface area contributed by atoms with Gasteiger partial charge in [-0.3, -0.25) is 0 Å². The van der Waals surface area contributed by atoms with E-state index in [1.165, 1.54) is 12.1 Å². The van der Waals surface area contributed by atoms with Crippen molar-refractivity contribution in [1.29, 1.82) is 0 Å². The van der Waals surface area contributed by atoms with E-state index in [-0.39, 0.29) is 5.75 Å². The summed E-state index contributed by atoms with van der Waals surface area (Å²) in [7, 11) is 0. The smallest absolute Gasteiger partial charge is 0.167 e. The second kappa shape index (κ2) is 4.10. The van der Waals surface area contributed by atoms with E-state index in [9.17, 15) is 4.39 Å². The second-order valence-electron chi connectivity index (χ2n) is 3.33. The standard InChI is InChI=1S/C12H11FN2O/c13-9-7-8(14)5-6-11(9)16-12-4-2-1-3-10(12)15/h1-7H,14-15H2. The van der Waals surface area contributed by atoms with E-state index in [1.54, 1.807) is 30.3 Å². The number of para-hydroxylation sites is 2. The number of hydrogen-bond donors (Lipinski definition) is 2. The number of ether oxygens (including phenoxy) is 1. The minimum Gasteiger partial charge on any atom is -0.452 e. The molecule has 0 spiro atoms. The fraction of sp³-hybridized carbons (Fsp3) is 0. The molecule has 3 nitrogen and oxygen atoms in total. The van der Waals surface area contributed by atoms with Crippen molar-refractivity contribution in [3.63, 3.8) is 0 Å². The van der Waals surface area contributed by atoms with Gasteiger partial charge in [0.1, 0.15) is 5.75 Å². The van der Waals surface area contributed by atoms with Gasteiger partial charge in [0.2, 0.25) is 0 Å². The summed E-state index contributed by atoms with van der Waals surface area (Å²) < 4.78 is 18.8. The van der Waals surface area contributed by atoms with Gasteiger partial charge in [-0.1, -0.05) is 12.1 Å². The van der Waals surface area contributed by atoms with Gasteiger partial charge in [0.15, 0.2) is 11.6 Å². The van der Waals surface area contributed by atoms with Crippen molar-refractivity contribution in [2.75, 3.05) is 11.5 Å². The van der Waals surface area contributed by atoms with Gasteiger partial charge in [-0.25, -0.2) is 4.39 Å². The molecule has 82 valence electrons. The lowest BCUT2D eigenvalue weighted by Gasteiger charge is -2.09. The molecule has 0 atom stereocenters. The van der Waals surface area contributed by atoms with Crippen LogP contribution in [0.15, 0.2) is 42.5 Å². The number of nitrogen functional groups attached to an aromatic ring is 2. The maximum Gasteiger partial charge on any atom is 0.167 e. The van der Waals surface area contributed by atoms with E-state index < -0.39 is 5.82 Å². The number of anilines is 2. The first-order valence-corrected chi connectivity index (χ1v) is 4.74. The second-order valence-corrected chi connectivity index (χ2v) is 3.33. The van der Waals surface area contributed by atoms with Crippen LogP contribution in [-0.2, 0) is 0 Å². The molecule has 2 rings (SSSR count). The van der Waals surface area contributed by atoms with E-state index in [2.05, 4.69) is 0 Å². The summed E-state index contributed by atoms with van der Waals surface area (Å²) in [4.78, 5) is 0. The molecule has 0 heterocycles. The van der Waals surface area contributed by atoms with E-state index in [4.69, 9.17) is 16.2 Å². The molecule has 0 fully saturated rings. The van der Waals surface area contributed by atoms with Crippen molar-refractivity contribution in [1.82, 2.24) is 0 Å². The van der Waals surface area contributed by atoms with Gasteiger partial charge in [0, 0.05) is 11.8 Å². The Morgan fingerprint density at radius 2 is 1.69 bits per heavy atom. The lowest BCUT2D eigenvalue weighted by Crippen LogP contribution is -1.94. The fourth-order valence-electron chi connectivity index (χ4n) is 1.29. The Balaban J connectivity index is 2.31. The third-order valence-corrected chi connectivity index (χ3v) is 2.09. The van der Waals surface area contributed by atoms with Crippen molar-refractivity contribution in [3.05, 3.63) is 48.3 Å². The van der Waals surface area contributed by atoms with Crippen molar-refractivity contribution < 1.29 is 9.13 Å². The minimum absolute atomic E-state index is 0.104. The van der Waals surface area contributed by atoms with Crippen LogP contribution in [0.2, 0.25) is 0 Å². The first-order valence-electron chi connectivity index (χ1n) is 4.74. The minimum atomic E-state index is -0.511. The fourth-order valence-corrected chi connectivity index (χ4v) is 1.29. The average molecular weight is 218 g/mol. The van der Waals surface area contributed by atoms with Gasteiger partial charge < -0.3 is 16.2 Å². The Bertz CT molecular complexity index is 514. The van der Waals surface area contributed by atoms with Crippen LogP contribution in [0.3, 0.4) is 0 Å². The van der Waals surface area contributed by atoms with Gasteiger partial charge >= 0.3 is 0 Å². The van der Waals surface area contributed by atoms with Gasteiger partial charge in [-0.15, -0.1) is 0 Å². The van der Waals surface area contributed by atoms with Crippen LogP contribution < -0.4 is 16.2 Å². The Morgan fingerprint density at radius 3 is 2.38 bits per heavy atom. The highest BCUT2D eigenvalue weighted by atomic mass is 19.1. The van der Waals surface area contributed by atoms with E-state index in [0.717, 1.165) is 0 Å². The summed E-state index contributed by atoms with van der Waals surface area (Å²) in [5, 5.41) is 0. The summed E-state index contributed by atoms with van der Waals surface area (Å²) in [5.74, 6) is 0.0153. The lowest BCUT2D eigenvalue weighted by atomic mass is 10.3. The summed E-state index contributed by atoms with van der Waals surface area (Å²) >= 11 is 0. The predicted octanol–water partition coefficient (Wildman–Crippen LogP) is 2.78. The molecule has 4 N–H and O–H groups in total. The Hall–Kier alpha value is -2.23. The van der Waals surface area contributed by atoms with Crippen LogP contribution in [0.4, 0.5) is 15.8 Å². The number of nitrogens with two attached hydrogens (primary N) is 2. The molecule has 0 aliphatic carbocycles. The largest absolute Gasteiger partial charge is 0.452 e. The third kappa shape index (κ3) is 2.06. The Labute approximate surface area is 92.4 Å². The van der Waals surface area contributed by atoms with E-state index in [0.29, 0.717) is 17.1 Å².